The molecule has 1 rings (SSSR count). The molecule has 16 heavy (non-hydrogen) atoms. The molecule has 0 bridgehead atoms. The van der Waals surface area contributed by atoms with Crippen molar-refractivity contribution in [3.8, 4) is 0 Å². The molecule has 2 nitrogen and oxygen atoms in total. The maximum Gasteiger partial charge on any atom is 0.139 e. The van der Waals surface area contributed by atoms with Crippen molar-refractivity contribution in [2.24, 2.45) is 0 Å². The highest BCUT2D eigenvalue weighted by atomic mass is 32.2. The van der Waals surface area contributed by atoms with E-state index in [9.17, 15) is 8.60 Å². The van der Waals surface area contributed by atoms with Gasteiger partial charge in [-0.1, -0.05) is 25.5 Å². The van der Waals surface area contributed by atoms with Gasteiger partial charge in [0.1, 0.15) is 5.82 Å². The Morgan fingerprint density at radius 3 is 2.69 bits per heavy atom. The Bertz CT molecular complexity index is 357. The highest BCUT2D eigenvalue weighted by Crippen LogP contribution is 2.13. The van der Waals surface area contributed by atoms with Crippen molar-refractivity contribution in [3.05, 3.63) is 30.1 Å². The zero-order chi connectivity index (χ0) is 12.0. The summed E-state index contributed by atoms with van der Waals surface area (Å²) in [6.45, 7) is 2.08. The highest BCUT2D eigenvalue weighted by Gasteiger charge is 2.14. The van der Waals surface area contributed by atoms with E-state index in [2.05, 4.69) is 12.2 Å². The molecule has 1 N–H and O–H groups in total. The Kier molecular flexibility index (Phi) is 5.63. The van der Waals surface area contributed by atoms with Crippen LogP contribution in [0.25, 0.3) is 0 Å². The number of hydrogen-bond acceptors (Lipinski definition) is 2. The lowest BCUT2D eigenvalue weighted by Crippen LogP contribution is -2.31. The second-order valence-corrected chi connectivity index (χ2v) is 5.18. The summed E-state index contributed by atoms with van der Waals surface area (Å²) in [5.74, 6) is 0.0813. The number of nitrogens with one attached hydrogen (secondary N) is 1. The van der Waals surface area contributed by atoms with Gasteiger partial charge in [-0.25, -0.2) is 4.39 Å². The lowest BCUT2D eigenvalue weighted by molar-refractivity contribution is 0.553. The third kappa shape index (κ3) is 3.68. The van der Waals surface area contributed by atoms with Gasteiger partial charge in [-0.15, -0.1) is 0 Å². The summed E-state index contributed by atoms with van der Waals surface area (Å²) in [7, 11) is 0.582. The number of rotatable bonds is 6. The van der Waals surface area contributed by atoms with Crippen molar-refractivity contribution in [1.29, 1.82) is 0 Å². The molecule has 0 aliphatic carbocycles. The first-order chi connectivity index (χ1) is 7.69. The molecule has 90 valence electrons. The maximum absolute atomic E-state index is 13.4. The predicted molar refractivity (Wildman–Crippen MR) is 65.4 cm³/mol. The second kappa shape index (κ2) is 6.76. The van der Waals surface area contributed by atoms with Gasteiger partial charge in [0, 0.05) is 11.8 Å². The van der Waals surface area contributed by atoms with Gasteiger partial charge in [-0.05, 0) is 25.6 Å². The standard InChI is InChI=1S/C12H18FNOS/c1-3-6-10(14-2)9-16(15)12-8-5-4-7-11(12)13/h4-5,7-8,10,14H,3,6,9H2,1-2H3. The Morgan fingerprint density at radius 1 is 1.44 bits per heavy atom. The summed E-state index contributed by atoms with van der Waals surface area (Å²) in [6.07, 6.45) is 1.98. The van der Waals surface area contributed by atoms with E-state index >= 15 is 0 Å². The van der Waals surface area contributed by atoms with Gasteiger partial charge >= 0.3 is 0 Å². The smallest absolute Gasteiger partial charge is 0.139 e. The fourth-order valence-corrected chi connectivity index (χ4v) is 2.96. The minimum atomic E-state index is -1.26. The zero-order valence-corrected chi connectivity index (χ0v) is 10.5. The van der Waals surface area contributed by atoms with E-state index in [0.29, 0.717) is 10.6 Å². The van der Waals surface area contributed by atoms with Crippen LogP contribution in [0, 0.1) is 5.82 Å². The minimum Gasteiger partial charge on any atom is -0.316 e. The average Bonchev–Trinajstić information content (AvgIpc) is 2.28. The molecule has 0 aliphatic heterocycles. The van der Waals surface area contributed by atoms with Crippen molar-refractivity contribution in [2.45, 2.75) is 30.7 Å². The number of hydrogen-bond donors (Lipinski definition) is 1. The molecule has 0 fully saturated rings. The molecule has 2 atom stereocenters. The first-order valence-corrected chi connectivity index (χ1v) is 6.81. The largest absolute Gasteiger partial charge is 0.316 e. The molecule has 1 aromatic carbocycles. The zero-order valence-electron chi connectivity index (χ0n) is 9.70. The van der Waals surface area contributed by atoms with E-state index < -0.39 is 10.8 Å². The molecule has 0 saturated heterocycles. The monoisotopic (exact) mass is 243 g/mol. The van der Waals surface area contributed by atoms with E-state index in [1.54, 1.807) is 18.2 Å². The van der Waals surface area contributed by atoms with Crippen molar-refractivity contribution in [3.63, 3.8) is 0 Å². The van der Waals surface area contributed by atoms with E-state index in [-0.39, 0.29) is 11.9 Å². The van der Waals surface area contributed by atoms with Gasteiger partial charge in [-0.3, -0.25) is 4.21 Å². The van der Waals surface area contributed by atoms with E-state index in [4.69, 9.17) is 0 Å². The Hall–Kier alpha value is -0.740. The molecule has 0 radical (unpaired) electrons. The molecule has 0 saturated carbocycles. The quantitative estimate of drug-likeness (QED) is 0.831. The van der Waals surface area contributed by atoms with Crippen LogP contribution in [0.2, 0.25) is 0 Å². The topological polar surface area (TPSA) is 29.1 Å². The molecule has 0 aliphatic rings. The van der Waals surface area contributed by atoms with Crippen molar-refractivity contribution in [1.82, 2.24) is 5.32 Å². The van der Waals surface area contributed by atoms with Gasteiger partial charge in [0.2, 0.25) is 0 Å². The summed E-state index contributed by atoms with van der Waals surface area (Å²) in [4.78, 5) is 0.304. The van der Waals surface area contributed by atoms with Gasteiger partial charge in [0.05, 0.1) is 15.7 Å². The lowest BCUT2D eigenvalue weighted by atomic mass is 10.2. The first kappa shape index (κ1) is 13.3. The molecular formula is C12H18FNOS. The third-order valence-electron chi connectivity index (χ3n) is 2.48. The molecule has 0 aromatic heterocycles. The molecule has 0 heterocycles. The lowest BCUT2D eigenvalue weighted by Gasteiger charge is -2.14. The summed E-state index contributed by atoms with van der Waals surface area (Å²) < 4.78 is 25.3. The summed E-state index contributed by atoms with van der Waals surface area (Å²) in [5.41, 5.74) is 0. The van der Waals surface area contributed by atoms with Crippen molar-refractivity contribution in [2.75, 3.05) is 12.8 Å². The summed E-state index contributed by atoms with van der Waals surface area (Å²) in [5, 5.41) is 3.11. The molecule has 4 heteroatoms. The SMILES string of the molecule is CCCC(CS(=O)c1ccccc1F)NC. The fraction of sp³-hybridized carbons (Fsp3) is 0.500. The van der Waals surface area contributed by atoms with Crippen LogP contribution in [-0.2, 0) is 10.8 Å². The highest BCUT2D eigenvalue weighted by molar-refractivity contribution is 7.85. The molecule has 2 unspecified atom stereocenters. The number of benzene rings is 1. The van der Waals surface area contributed by atoms with Gasteiger partial charge in [-0.2, -0.15) is 0 Å². The van der Waals surface area contributed by atoms with E-state index in [0.717, 1.165) is 12.8 Å². The fourth-order valence-electron chi connectivity index (χ4n) is 1.56. The van der Waals surface area contributed by atoms with Gasteiger partial charge in [0.15, 0.2) is 0 Å². The summed E-state index contributed by atoms with van der Waals surface area (Å²) >= 11 is 0. The van der Waals surface area contributed by atoms with Gasteiger partial charge < -0.3 is 5.32 Å². The predicted octanol–water partition coefficient (Wildman–Crippen LogP) is 2.32. The van der Waals surface area contributed by atoms with Crippen LogP contribution in [0.15, 0.2) is 29.2 Å². The first-order valence-electron chi connectivity index (χ1n) is 5.49. The van der Waals surface area contributed by atoms with Crippen LogP contribution >= 0.6 is 0 Å². The van der Waals surface area contributed by atoms with Crippen LogP contribution in [0.1, 0.15) is 19.8 Å². The minimum absolute atomic E-state index is 0.186. The molecule has 1 aromatic rings. The van der Waals surface area contributed by atoms with E-state index in [1.165, 1.54) is 6.07 Å². The van der Waals surface area contributed by atoms with Crippen LogP contribution in [0.4, 0.5) is 4.39 Å². The summed E-state index contributed by atoms with van der Waals surface area (Å²) in [6, 6.07) is 6.44. The van der Waals surface area contributed by atoms with E-state index in [1.807, 2.05) is 7.05 Å². The van der Waals surface area contributed by atoms with Crippen LogP contribution in [0.3, 0.4) is 0 Å². The van der Waals surface area contributed by atoms with Gasteiger partial charge in [0.25, 0.3) is 0 Å². The molecule has 0 spiro atoms. The average molecular weight is 243 g/mol. The Morgan fingerprint density at radius 2 is 2.12 bits per heavy atom. The van der Waals surface area contributed by atoms with Crippen LogP contribution < -0.4 is 5.32 Å². The Balaban J connectivity index is 2.68. The van der Waals surface area contributed by atoms with Crippen molar-refractivity contribution >= 4 is 10.8 Å². The maximum atomic E-state index is 13.4. The molecular weight excluding hydrogens is 225 g/mol. The molecule has 0 amide bonds. The second-order valence-electron chi connectivity index (χ2n) is 3.72. The van der Waals surface area contributed by atoms with Crippen LogP contribution in [-0.4, -0.2) is 23.1 Å². The number of halogens is 1. The Labute approximate surface area is 98.7 Å². The normalized spacial score (nSPS) is 14.7. The van der Waals surface area contributed by atoms with Crippen molar-refractivity contribution < 1.29 is 8.60 Å². The van der Waals surface area contributed by atoms with Crippen LogP contribution in [0.5, 0.6) is 0 Å². The third-order valence-corrected chi connectivity index (χ3v) is 4.01.